The van der Waals surface area contributed by atoms with E-state index in [1.165, 1.54) is 5.56 Å². The van der Waals surface area contributed by atoms with Gasteiger partial charge in [-0.2, -0.15) is 0 Å². The van der Waals surface area contributed by atoms with Crippen LogP contribution in [0.4, 0.5) is 17.1 Å². The third kappa shape index (κ3) is 3.98. The molecule has 0 saturated carbocycles. The predicted molar refractivity (Wildman–Crippen MR) is 95.3 cm³/mol. The van der Waals surface area contributed by atoms with Crippen LogP contribution in [-0.2, 0) is 0 Å². The quantitative estimate of drug-likeness (QED) is 0.712. The van der Waals surface area contributed by atoms with Gasteiger partial charge in [0.1, 0.15) is 0 Å². The second-order valence-electron chi connectivity index (χ2n) is 5.39. The lowest BCUT2D eigenvalue weighted by molar-refractivity contribution is 0.102. The number of hydrogen-bond acceptors (Lipinski definition) is 2. The van der Waals surface area contributed by atoms with Crippen molar-refractivity contribution in [1.82, 2.24) is 0 Å². The van der Waals surface area contributed by atoms with Gasteiger partial charge in [0.2, 0.25) is 0 Å². The largest absolute Gasteiger partial charge is 0.356 e. The molecule has 0 unspecified atom stereocenters. The summed E-state index contributed by atoms with van der Waals surface area (Å²) in [5, 5.41) is 6.22. The molecule has 0 bridgehead atoms. The summed E-state index contributed by atoms with van der Waals surface area (Å²) in [6.45, 7) is 2.06. The van der Waals surface area contributed by atoms with Crippen molar-refractivity contribution in [3.05, 3.63) is 90.0 Å². The first-order valence-corrected chi connectivity index (χ1v) is 7.51. The van der Waals surface area contributed by atoms with E-state index >= 15 is 0 Å². The Morgan fingerprint density at radius 3 is 1.83 bits per heavy atom. The van der Waals surface area contributed by atoms with E-state index in [9.17, 15) is 4.79 Å². The van der Waals surface area contributed by atoms with Crippen LogP contribution in [0, 0.1) is 6.92 Å². The molecule has 0 aromatic heterocycles. The maximum atomic E-state index is 12.1. The van der Waals surface area contributed by atoms with E-state index in [0.717, 1.165) is 17.1 Å². The second kappa shape index (κ2) is 6.79. The van der Waals surface area contributed by atoms with Crippen molar-refractivity contribution >= 4 is 23.0 Å². The number of carbonyl (C=O) groups excluding carboxylic acids is 1. The van der Waals surface area contributed by atoms with Crippen LogP contribution in [0.1, 0.15) is 15.9 Å². The molecule has 0 radical (unpaired) electrons. The zero-order valence-corrected chi connectivity index (χ0v) is 12.9. The van der Waals surface area contributed by atoms with E-state index in [0.29, 0.717) is 5.56 Å². The van der Waals surface area contributed by atoms with Gasteiger partial charge in [-0.3, -0.25) is 4.79 Å². The van der Waals surface area contributed by atoms with Crippen molar-refractivity contribution in [3.63, 3.8) is 0 Å². The molecular formula is C20H18N2O. The fourth-order valence-corrected chi connectivity index (χ4v) is 2.23. The molecule has 3 aromatic rings. The van der Waals surface area contributed by atoms with Crippen molar-refractivity contribution in [3.8, 4) is 0 Å². The lowest BCUT2D eigenvalue weighted by atomic mass is 10.2. The molecule has 0 atom stereocenters. The van der Waals surface area contributed by atoms with Crippen molar-refractivity contribution in [2.24, 2.45) is 0 Å². The fraction of sp³-hybridized carbons (Fsp3) is 0.0500. The summed E-state index contributed by atoms with van der Waals surface area (Å²) >= 11 is 0. The molecule has 0 spiro atoms. The standard InChI is InChI=1S/C20H18N2O/c1-15-7-9-17(10-8-15)21-18-11-13-19(14-12-18)22-20(23)16-5-3-2-4-6-16/h2-14,21H,1H3,(H,22,23). The van der Waals surface area contributed by atoms with Gasteiger partial charge in [-0.25, -0.2) is 0 Å². The van der Waals surface area contributed by atoms with Gasteiger partial charge in [-0.1, -0.05) is 35.9 Å². The zero-order chi connectivity index (χ0) is 16.1. The summed E-state index contributed by atoms with van der Waals surface area (Å²) in [7, 11) is 0. The normalized spacial score (nSPS) is 10.1. The molecule has 0 heterocycles. The highest BCUT2D eigenvalue weighted by atomic mass is 16.1. The van der Waals surface area contributed by atoms with E-state index in [1.807, 2.05) is 54.6 Å². The van der Waals surface area contributed by atoms with Crippen LogP contribution in [0.3, 0.4) is 0 Å². The molecule has 1 amide bonds. The minimum Gasteiger partial charge on any atom is -0.356 e. The van der Waals surface area contributed by atoms with E-state index in [4.69, 9.17) is 0 Å². The Kier molecular flexibility index (Phi) is 4.39. The van der Waals surface area contributed by atoms with Gasteiger partial charge in [-0.15, -0.1) is 0 Å². The van der Waals surface area contributed by atoms with Gasteiger partial charge < -0.3 is 10.6 Å². The monoisotopic (exact) mass is 302 g/mol. The maximum absolute atomic E-state index is 12.1. The van der Waals surface area contributed by atoms with Crippen LogP contribution < -0.4 is 10.6 Å². The Morgan fingerprint density at radius 2 is 1.22 bits per heavy atom. The van der Waals surface area contributed by atoms with Gasteiger partial charge in [0.15, 0.2) is 0 Å². The summed E-state index contributed by atoms with van der Waals surface area (Å²) in [5.41, 5.74) is 4.67. The molecule has 3 heteroatoms. The van der Waals surface area contributed by atoms with E-state index in [-0.39, 0.29) is 5.91 Å². The van der Waals surface area contributed by atoms with Crippen LogP contribution in [-0.4, -0.2) is 5.91 Å². The lowest BCUT2D eigenvalue weighted by Gasteiger charge is -2.09. The number of amides is 1. The Labute approximate surface area is 136 Å². The third-order valence-electron chi connectivity index (χ3n) is 3.52. The number of carbonyl (C=O) groups is 1. The molecule has 114 valence electrons. The molecule has 23 heavy (non-hydrogen) atoms. The number of aryl methyl sites for hydroxylation is 1. The molecule has 0 saturated heterocycles. The van der Waals surface area contributed by atoms with E-state index < -0.39 is 0 Å². The molecule has 3 aromatic carbocycles. The summed E-state index contributed by atoms with van der Waals surface area (Å²) in [6, 6.07) is 25.1. The SMILES string of the molecule is Cc1ccc(Nc2ccc(NC(=O)c3ccccc3)cc2)cc1. The predicted octanol–water partition coefficient (Wildman–Crippen LogP) is 4.99. The number of hydrogen-bond donors (Lipinski definition) is 2. The van der Waals surface area contributed by atoms with Crippen LogP contribution in [0.25, 0.3) is 0 Å². The van der Waals surface area contributed by atoms with Crippen LogP contribution in [0.5, 0.6) is 0 Å². The first kappa shape index (κ1) is 14.9. The van der Waals surface area contributed by atoms with Crippen molar-refractivity contribution in [2.75, 3.05) is 10.6 Å². The maximum Gasteiger partial charge on any atom is 0.255 e. The first-order valence-electron chi connectivity index (χ1n) is 7.51. The number of benzene rings is 3. The summed E-state index contributed by atoms with van der Waals surface area (Å²) in [6.07, 6.45) is 0. The van der Waals surface area contributed by atoms with Crippen molar-refractivity contribution in [2.45, 2.75) is 6.92 Å². The minimum absolute atomic E-state index is 0.107. The lowest BCUT2D eigenvalue weighted by Crippen LogP contribution is -2.11. The average molecular weight is 302 g/mol. The smallest absolute Gasteiger partial charge is 0.255 e. The van der Waals surface area contributed by atoms with Crippen LogP contribution in [0.2, 0.25) is 0 Å². The first-order chi connectivity index (χ1) is 11.2. The van der Waals surface area contributed by atoms with Crippen molar-refractivity contribution < 1.29 is 4.79 Å². The van der Waals surface area contributed by atoms with Crippen molar-refractivity contribution in [1.29, 1.82) is 0 Å². The van der Waals surface area contributed by atoms with Crippen LogP contribution in [0.15, 0.2) is 78.9 Å². The second-order valence-corrected chi connectivity index (χ2v) is 5.39. The minimum atomic E-state index is -0.107. The molecule has 0 aliphatic rings. The van der Waals surface area contributed by atoms with E-state index in [1.54, 1.807) is 12.1 Å². The Hall–Kier alpha value is -3.07. The van der Waals surface area contributed by atoms with Gasteiger partial charge in [0.25, 0.3) is 5.91 Å². The van der Waals surface area contributed by atoms with Gasteiger partial charge >= 0.3 is 0 Å². The number of anilines is 3. The molecule has 0 fully saturated rings. The van der Waals surface area contributed by atoms with Gasteiger partial charge in [-0.05, 0) is 55.5 Å². The van der Waals surface area contributed by atoms with E-state index in [2.05, 4.69) is 29.7 Å². The van der Waals surface area contributed by atoms with Crippen LogP contribution >= 0.6 is 0 Å². The highest BCUT2D eigenvalue weighted by molar-refractivity contribution is 6.04. The molecule has 0 aliphatic heterocycles. The molecule has 3 nitrogen and oxygen atoms in total. The molecular weight excluding hydrogens is 284 g/mol. The third-order valence-corrected chi connectivity index (χ3v) is 3.52. The molecule has 0 aliphatic carbocycles. The topological polar surface area (TPSA) is 41.1 Å². The Balaban J connectivity index is 1.65. The molecule has 2 N–H and O–H groups in total. The Bertz CT molecular complexity index is 778. The fourth-order valence-electron chi connectivity index (χ4n) is 2.23. The number of rotatable bonds is 4. The molecule has 3 rings (SSSR count). The summed E-state index contributed by atoms with van der Waals surface area (Å²) in [5.74, 6) is -0.107. The van der Waals surface area contributed by atoms with Gasteiger partial charge in [0, 0.05) is 22.6 Å². The highest BCUT2D eigenvalue weighted by Crippen LogP contribution is 2.19. The summed E-state index contributed by atoms with van der Waals surface area (Å²) < 4.78 is 0. The summed E-state index contributed by atoms with van der Waals surface area (Å²) in [4.78, 5) is 12.1. The number of nitrogens with one attached hydrogen (secondary N) is 2. The Morgan fingerprint density at radius 1 is 0.696 bits per heavy atom. The average Bonchev–Trinajstić information content (AvgIpc) is 2.59. The highest BCUT2D eigenvalue weighted by Gasteiger charge is 2.04. The zero-order valence-electron chi connectivity index (χ0n) is 12.9. The van der Waals surface area contributed by atoms with Gasteiger partial charge in [0.05, 0.1) is 0 Å².